The van der Waals surface area contributed by atoms with Crippen molar-refractivity contribution in [2.24, 2.45) is 11.8 Å². The van der Waals surface area contributed by atoms with E-state index in [1.54, 1.807) is 9.80 Å². The Morgan fingerprint density at radius 2 is 1.57 bits per heavy atom. The first-order valence-electron chi connectivity index (χ1n) is 21.4. The van der Waals surface area contributed by atoms with Crippen LogP contribution in [0.2, 0.25) is 0 Å². The van der Waals surface area contributed by atoms with Crippen molar-refractivity contribution >= 4 is 41.1 Å². The third-order valence-corrected chi connectivity index (χ3v) is 12.8. The van der Waals surface area contributed by atoms with Crippen LogP contribution in [0.25, 0.3) is 0 Å². The summed E-state index contributed by atoms with van der Waals surface area (Å²) in [6.07, 6.45) is 9.10. The number of hydrogen-bond donors (Lipinski definition) is 1. The average molecular weight is 826 g/mol. The summed E-state index contributed by atoms with van der Waals surface area (Å²) in [4.78, 5) is 77.4. The van der Waals surface area contributed by atoms with Gasteiger partial charge in [-0.2, -0.15) is 0 Å². The number of rotatable bonds is 15. The van der Waals surface area contributed by atoms with Crippen LogP contribution >= 0.6 is 11.6 Å². The van der Waals surface area contributed by atoms with Crippen LogP contribution in [0.1, 0.15) is 87.1 Å². The van der Waals surface area contributed by atoms with E-state index in [1.165, 1.54) is 13.0 Å². The number of piperazine rings is 2. The molecule has 5 rings (SSSR count). The molecule has 12 nitrogen and oxygen atoms in total. The number of halogens is 2. The molecule has 4 fully saturated rings. The normalized spacial score (nSPS) is 21.1. The van der Waals surface area contributed by atoms with E-state index in [2.05, 4.69) is 23.7 Å². The quantitative estimate of drug-likeness (QED) is 0.157. The monoisotopic (exact) mass is 825 g/mol. The molecule has 3 atom stereocenters. The third kappa shape index (κ3) is 12.4. The standard InChI is InChI=1S/C44H65ClFN7O5/c1-5-38(46)33(3)43(57)51-25-23-50(24-26-51)40(55)31-48(4)18-16-32(2)29-49-19-21-52(22-20-49)44(58)41(34-11-7-6-8-12-34)47-42(56)36-14-9-13-35(27-36)37-15-10-17-53(30-37)39(54)28-45/h5,9,13-14,27,32,34,37,41H,3,6-8,10-12,15-26,28-31H2,1-2,4H3,(H,47,56)/b38-5+. The highest BCUT2D eigenvalue weighted by atomic mass is 35.5. The Kier molecular flexibility index (Phi) is 17.2. The summed E-state index contributed by atoms with van der Waals surface area (Å²) >= 11 is 5.84. The van der Waals surface area contributed by atoms with Crippen molar-refractivity contribution in [2.75, 3.05) is 98.0 Å². The summed E-state index contributed by atoms with van der Waals surface area (Å²) in [6.45, 7) is 14.9. The van der Waals surface area contributed by atoms with Gasteiger partial charge in [0.15, 0.2) is 0 Å². The van der Waals surface area contributed by atoms with Gasteiger partial charge >= 0.3 is 0 Å². The van der Waals surface area contributed by atoms with Crippen LogP contribution in [0.4, 0.5) is 4.39 Å². The number of allylic oxidation sites excluding steroid dienone is 1. The van der Waals surface area contributed by atoms with Crippen molar-refractivity contribution in [1.82, 2.24) is 34.7 Å². The van der Waals surface area contributed by atoms with Gasteiger partial charge in [0, 0.05) is 83.5 Å². The van der Waals surface area contributed by atoms with Gasteiger partial charge in [-0.1, -0.05) is 51.0 Å². The fourth-order valence-corrected chi connectivity index (χ4v) is 9.09. The fraction of sp³-hybridized carbons (Fsp3) is 0.659. The average Bonchev–Trinajstić information content (AvgIpc) is 3.26. The topological polar surface area (TPSA) is 117 Å². The van der Waals surface area contributed by atoms with Crippen LogP contribution in [0.3, 0.4) is 0 Å². The second-order valence-electron chi connectivity index (χ2n) is 16.8. The lowest BCUT2D eigenvalue weighted by Crippen LogP contribution is -2.57. The highest BCUT2D eigenvalue weighted by Crippen LogP contribution is 2.30. The first-order valence-corrected chi connectivity index (χ1v) is 21.9. The van der Waals surface area contributed by atoms with Crippen LogP contribution in [0, 0.1) is 11.8 Å². The van der Waals surface area contributed by atoms with Gasteiger partial charge in [0.05, 0.1) is 12.1 Å². The zero-order valence-corrected chi connectivity index (χ0v) is 35.7. The molecule has 4 aliphatic rings. The summed E-state index contributed by atoms with van der Waals surface area (Å²) in [5.74, 6) is -0.707. The van der Waals surface area contributed by atoms with Gasteiger partial charge in [-0.3, -0.25) is 33.8 Å². The Labute approximate surface area is 349 Å². The minimum absolute atomic E-state index is 0.0129. The number of likely N-dealkylation sites (N-methyl/N-ethyl adjacent to an activating group) is 1. The number of hydrogen-bond acceptors (Lipinski definition) is 7. The van der Waals surface area contributed by atoms with Crippen molar-refractivity contribution in [3.63, 3.8) is 0 Å². The number of carbonyl (C=O) groups is 5. The summed E-state index contributed by atoms with van der Waals surface area (Å²) < 4.78 is 13.8. The number of amides is 5. The fourth-order valence-electron chi connectivity index (χ4n) is 8.92. The molecule has 3 aliphatic heterocycles. The van der Waals surface area contributed by atoms with Crippen LogP contribution in [0.5, 0.6) is 0 Å². The highest BCUT2D eigenvalue weighted by Gasteiger charge is 2.36. The van der Waals surface area contributed by atoms with Crippen molar-refractivity contribution in [1.29, 1.82) is 0 Å². The molecule has 3 unspecified atom stereocenters. The molecule has 1 aromatic carbocycles. The Morgan fingerprint density at radius 1 is 0.897 bits per heavy atom. The first kappa shape index (κ1) is 45.3. The van der Waals surface area contributed by atoms with Gasteiger partial charge in [0.2, 0.25) is 17.7 Å². The number of carbonyl (C=O) groups excluding carboxylic acids is 5. The van der Waals surface area contributed by atoms with Crippen LogP contribution in [0.15, 0.2) is 48.3 Å². The molecule has 1 saturated carbocycles. The lowest BCUT2D eigenvalue weighted by molar-refractivity contribution is -0.138. The Bertz CT molecular complexity index is 1640. The van der Waals surface area contributed by atoms with E-state index in [4.69, 9.17) is 11.6 Å². The molecule has 1 aromatic rings. The summed E-state index contributed by atoms with van der Waals surface area (Å²) in [5.41, 5.74) is 1.42. The highest BCUT2D eigenvalue weighted by molar-refractivity contribution is 6.27. The number of piperidine rings is 1. The number of nitrogens with one attached hydrogen (secondary N) is 1. The SMILES string of the molecule is C=C(C(=O)N1CCN(C(=O)CN(C)CCC(C)CN2CCN(C(=O)C(NC(=O)c3cccc(C4CCCN(C(=O)CCl)C4)c3)C3CCCCC3)CC2)CC1)/C(F)=C\C. The molecule has 1 N–H and O–H groups in total. The maximum Gasteiger partial charge on any atom is 0.256 e. The second kappa shape index (κ2) is 22.0. The van der Waals surface area contributed by atoms with Crippen molar-refractivity contribution in [2.45, 2.75) is 77.2 Å². The molecule has 14 heteroatoms. The molecule has 0 spiro atoms. The Balaban J connectivity index is 1.06. The number of alkyl halides is 1. The second-order valence-corrected chi connectivity index (χ2v) is 17.1. The first-order chi connectivity index (χ1) is 27.9. The molecular formula is C44H65ClFN7O5. The molecule has 3 saturated heterocycles. The smallest absolute Gasteiger partial charge is 0.256 e. The van der Waals surface area contributed by atoms with E-state index in [0.29, 0.717) is 70.4 Å². The zero-order valence-electron chi connectivity index (χ0n) is 34.9. The molecule has 0 radical (unpaired) electrons. The molecule has 5 amide bonds. The van der Waals surface area contributed by atoms with Gasteiger partial charge in [-0.05, 0) is 82.2 Å². The third-order valence-electron chi connectivity index (χ3n) is 12.6. The van der Waals surface area contributed by atoms with Gasteiger partial charge in [0.1, 0.15) is 17.7 Å². The van der Waals surface area contributed by atoms with Gasteiger partial charge < -0.3 is 24.9 Å². The molecule has 58 heavy (non-hydrogen) atoms. The van der Waals surface area contributed by atoms with Crippen molar-refractivity contribution < 1.29 is 28.4 Å². The van der Waals surface area contributed by atoms with E-state index >= 15 is 0 Å². The maximum atomic E-state index is 14.2. The molecule has 3 heterocycles. The predicted octanol–water partition coefficient (Wildman–Crippen LogP) is 4.51. The van der Waals surface area contributed by atoms with Crippen molar-refractivity contribution in [3.8, 4) is 0 Å². The van der Waals surface area contributed by atoms with Crippen molar-refractivity contribution in [3.05, 3.63) is 59.4 Å². The maximum absolute atomic E-state index is 14.2. The van der Waals surface area contributed by atoms with Gasteiger partial charge in [0.25, 0.3) is 11.8 Å². The lowest BCUT2D eigenvalue weighted by Gasteiger charge is -2.39. The minimum atomic E-state index is -0.621. The summed E-state index contributed by atoms with van der Waals surface area (Å²) in [5, 5.41) is 3.20. The molecule has 0 aromatic heterocycles. The summed E-state index contributed by atoms with van der Waals surface area (Å²) in [7, 11) is 1.95. The number of nitrogens with zero attached hydrogens (tertiary/aromatic N) is 6. The predicted molar refractivity (Wildman–Crippen MR) is 225 cm³/mol. The Morgan fingerprint density at radius 3 is 2.24 bits per heavy atom. The van der Waals surface area contributed by atoms with E-state index in [1.807, 2.05) is 46.0 Å². The van der Waals surface area contributed by atoms with Crippen LogP contribution in [-0.2, 0) is 19.2 Å². The molecule has 320 valence electrons. The largest absolute Gasteiger partial charge is 0.341 e. The van der Waals surface area contributed by atoms with E-state index in [9.17, 15) is 28.4 Å². The number of likely N-dealkylation sites (tertiary alicyclic amines) is 1. The molecule has 1 aliphatic carbocycles. The van der Waals surface area contributed by atoms with E-state index in [0.717, 1.165) is 83.1 Å². The Hall–Kier alpha value is -3.81. The molecule has 0 bridgehead atoms. The van der Waals surface area contributed by atoms with Gasteiger partial charge in [-0.15, -0.1) is 11.6 Å². The number of benzene rings is 1. The minimum Gasteiger partial charge on any atom is -0.341 e. The van der Waals surface area contributed by atoms with Crippen LogP contribution in [-0.4, -0.2) is 163 Å². The van der Waals surface area contributed by atoms with Crippen LogP contribution < -0.4 is 5.32 Å². The summed E-state index contributed by atoms with van der Waals surface area (Å²) in [6, 6.07) is 7.09. The lowest BCUT2D eigenvalue weighted by atomic mass is 9.83. The van der Waals surface area contributed by atoms with E-state index in [-0.39, 0.29) is 46.9 Å². The zero-order chi connectivity index (χ0) is 41.8. The van der Waals surface area contributed by atoms with E-state index < -0.39 is 17.8 Å². The van der Waals surface area contributed by atoms with Gasteiger partial charge in [-0.25, -0.2) is 4.39 Å². The molecular weight excluding hydrogens is 761 g/mol.